The lowest BCUT2D eigenvalue weighted by Crippen LogP contribution is -2.28. The van der Waals surface area contributed by atoms with Gasteiger partial charge >= 0.3 is 6.18 Å². The lowest BCUT2D eigenvalue weighted by molar-refractivity contribution is -0.160. The maximum atomic E-state index is 13.4. The molecular formula is C18H12ClF4N3. The Bertz CT molecular complexity index is 999. The Kier molecular flexibility index (Phi) is 3.80. The van der Waals surface area contributed by atoms with Crippen LogP contribution in [0.25, 0.3) is 10.9 Å². The Morgan fingerprint density at radius 2 is 1.81 bits per heavy atom. The van der Waals surface area contributed by atoms with Crippen molar-refractivity contribution in [2.24, 2.45) is 0 Å². The lowest BCUT2D eigenvalue weighted by Gasteiger charge is -2.20. The van der Waals surface area contributed by atoms with E-state index >= 15 is 0 Å². The molecule has 0 radical (unpaired) electrons. The average Bonchev–Trinajstić information content (AvgIpc) is 3.37. The molecule has 26 heavy (non-hydrogen) atoms. The first-order valence-corrected chi connectivity index (χ1v) is 8.22. The second-order valence-corrected chi connectivity index (χ2v) is 6.70. The van der Waals surface area contributed by atoms with Crippen molar-refractivity contribution in [3.05, 3.63) is 59.0 Å². The molecule has 0 spiro atoms. The fourth-order valence-corrected chi connectivity index (χ4v) is 3.27. The molecule has 1 saturated carbocycles. The molecule has 1 aliphatic carbocycles. The van der Waals surface area contributed by atoms with E-state index in [4.69, 9.17) is 11.6 Å². The van der Waals surface area contributed by atoms with E-state index in [1.165, 1.54) is 24.4 Å². The van der Waals surface area contributed by atoms with Gasteiger partial charge in [-0.3, -0.25) is 0 Å². The summed E-state index contributed by atoms with van der Waals surface area (Å²) in [6.07, 6.45) is -2.79. The Morgan fingerprint density at radius 3 is 2.50 bits per heavy atom. The zero-order chi connectivity index (χ0) is 18.5. The van der Waals surface area contributed by atoms with Gasteiger partial charge in [-0.05, 0) is 54.8 Å². The maximum Gasteiger partial charge on any atom is 0.398 e. The number of rotatable bonds is 3. The van der Waals surface area contributed by atoms with Crippen LogP contribution in [-0.2, 0) is 5.41 Å². The van der Waals surface area contributed by atoms with E-state index in [0.717, 1.165) is 6.07 Å². The minimum absolute atomic E-state index is 0.0787. The zero-order valence-corrected chi connectivity index (χ0v) is 14.0. The Hall–Kier alpha value is -2.41. The number of pyridine rings is 2. The SMILES string of the molecule is Fc1cc(Cl)c2nc(Nc3cc(C4(C(F)(F)F)CC4)ccn3)ccc2c1. The number of hydrogen-bond acceptors (Lipinski definition) is 3. The first-order chi connectivity index (χ1) is 12.3. The quantitative estimate of drug-likeness (QED) is 0.586. The van der Waals surface area contributed by atoms with Crippen LogP contribution in [0, 0.1) is 5.82 Å². The van der Waals surface area contributed by atoms with Gasteiger partial charge in [0.2, 0.25) is 0 Å². The van der Waals surface area contributed by atoms with E-state index in [9.17, 15) is 17.6 Å². The molecule has 4 rings (SSSR count). The molecule has 2 heterocycles. The van der Waals surface area contributed by atoms with Crippen LogP contribution in [0.4, 0.5) is 29.2 Å². The third-order valence-electron chi connectivity index (χ3n) is 4.57. The summed E-state index contributed by atoms with van der Waals surface area (Å²) in [7, 11) is 0. The summed E-state index contributed by atoms with van der Waals surface area (Å²) in [6, 6.07) is 8.44. The van der Waals surface area contributed by atoms with Crippen molar-refractivity contribution in [1.82, 2.24) is 9.97 Å². The molecule has 0 saturated heterocycles. The first kappa shape index (κ1) is 17.0. The summed E-state index contributed by atoms with van der Waals surface area (Å²) in [5, 5.41) is 3.56. The maximum absolute atomic E-state index is 13.4. The Balaban J connectivity index is 1.66. The third kappa shape index (κ3) is 2.86. The number of halogens is 5. The Labute approximate surface area is 151 Å². The molecule has 3 aromatic rings. The van der Waals surface area contributed by atoms with Crippen LogP contribution in [0.15, 0.2) is 42.6 Å². The van der Waals surface area contributed by atoms with Crippen molar-refractivity contribution in [3.63, 3.8) is 0 Å². The van der Waals surface area contributed by atoms with Crippen LogP contribution in [0.2, 0.25) is 5.02 Å². The molecule has 0 amide bonds. The molecule has 134 valence electrons. The summed E-state index contributed by atoms with van der Waals surface area (Å²) < 4.78 is 53.3. The van der Waals surface area contributed by atoms with Gasteiger partial charge in [-0.15, -0.1) is 0 Å². The number of benzene rings is 1. The van der Waals surface area contributed by atoms with Crippen LogP contribution >= 0.6 is 11.6 Å². The number of nitrogens with one attached hydrogen (secondary N) is 1. The fraction of sp³-hybridized carbons (Fsp3) is 0.222. The molecule has 1 N–H and O–H groups in total. The number of hydrogen-bond donors (Lipinski definition) is 1. The van der Waals surface area contributed by atoms with Gasteiger partial charge in [0, 0.05) is 11.6 Å². The molecule has 2 aromatic heterocycles. The second kappa shape index (κ2) is 5.81. The minimum Gasteiger partial charge on any atom is -0.325 e. The number of anilines is 2. The lowest BCUT2D eigenvalue weighted by atomic mass is 9.96. The molecule has 0 unspecified atom stereocenters. The van der Waals surface area contributed by atoms with Crippen molar-refractivity contribution in [1.29, 1.82) is 0 Å². The van der Waals surface area contributed by atoms with Crippen molar-refractivity contribution in [2.75, 3.05) is 5.32 Å². The van der Waals surface area contributed by atoms with Gasteiger partial charge in [-0.2, -0.15) is 13.2 Å². The number of aromatic nitrogens is 2. The highest BCUT2D eigenvalue weighted by Crippen LogP contribution is 2.59. The van der Waals surface area contributed by atoms with E-state index in [-0.39, 0.29) is 29.2 Å². The molecular weight excluding hydrogens is 370 g/mol. The van der Waals surface area contributed by atoms with Gasteiger partial charge in [0.05, 0.1) is 16.0 Å². The summed E-state index contributed by atoms with van der Waals surface area (Å²) >= 11 is 6.01. The zero-order valence-electron chi connectivity index (χ0n) is 13.2. The van der Waals surface area contributed by atoms with Gasteiger partial charge in [-0.25, -0.2) is 14.4 Å². The van der Waals surface area contributed by atoms with E-state index in [1.807, 2.05) is 0 Å². The second-order valence-electron chi connectivity index (χ2n) is 6.29. The highest BCUT2D eigenvalue weighted by molar-refractivity contribution is 6.35. The monoisotopic (exact) mass is 381 g/mol. The number of nitrogens with zero attached hydrogens (tertiary/aromatic N) is 2. The van der Waals surface area contributed by atoms with Crippen molar-refractivity contribution in [2.45, 2.75) is 24.4 Å². The standard InChI is InChI=1S/C18H12ClF4N3/c19-13-9-12(20)7-10-1-2-14(26-16(10)13)25-15-8-11(3-6-24-15)17(4-5-17)18(21,22)23/h1-3,6-9H,4-5H2,(H,24,25,26). The molecule has 0 atom stereocenters. The van der Waals surface area contributed by atoms with Crippen LogP contribution in [-0.4, -0.2) is 16.1 Å². The van der Waals surface area contributed by atoms with E-state index in [1.54, 1.807) is 12.1 Å². The molecule has 1 fully saturated rings. The highest BCUT2D eigenvalue weighted by Gasteiger charge is 2.64. The van der Waals surface area contributed by atoms with Gasteiger partial charge in [0.1, 0.15) is 17.5 Å². The van der Waals surface area contributed by atoms with Gasteiger partial charge in [0.25, 0.3) is 0 Å². The molecule has 0 aliphatic heterocycles. The number of fused-ring (bicyclic) bond motifs is 1. The molecule has 1 aliphatic rings. The predicted octanol–water partition coefficient (Wildman–Crippen LogP) is 5.76. The number of alkyl halides is 3. The minimum atomic E-state index is -4.29. The molecule has 1 aromatic carbocycles. The fourth-order valence-electron chi connectivity index (χ4n) is 3.02. The normalized spacial score (nSPS) is 15.9. The largest absolute Gasteiger partial charge is 0.398 e. The summed E-state index contributed by atoms with van der Waals surface area (Å²) in [5.74, 6) is 0.136. The van der Waals surface area contributed by atoms with Crippen molar-refractivity contribution in [3.8, 4) is 0 Å². The van der Waals surface area contributed by atoms with E-state index in [0.29, 0.717) is 16.7 Å². The third-order valence-corrected chi connectivity index (χ3v) is 4.86. The smallest absolute Gasteiger partial charge is 0.325 e. The summed E-state index contributed by atoms with van der Waals surface area (Å²) in [5.41, 5.74) is -1.20. The molecule has 0 bridgehead atoms. The summed E-state index contributed by atoms with van der Waals surface area (Å²) in [6.45, 7) is 0. The van der Waals surface area contributed by atoms with Gasteiger partial charge in [-0.1, -0.05) is 11.6 Å². The van der Waals surface area contributed by atoms with Gasteiger partial charge in [0.15, 0.2) is 0 Å². The van der Waals surface area contributed by atoms with Crippen LogP contribution in [0.3, 0.4) is 0 Å². The molecule has 3 nitrogen and oxygen atoms in total. The van der Waals surface area contributed by atoms with E-state index < -0.39 is 17.4 Å². The topological polar surface area (TPSA) is 37.8 Å². The van der Waals surface area contributed by atoms with Crippen LogP contribution in [0.1, 0.15) is 18.4 Å². The molecule has 8 heteroatoms. The van der Waals surface area contributed by atoms with Crippen molar-refractivity contribution < 1.29 is 17.6 Å². The van der Waals surface area contributed by atoms with Crippen molar-refractivity contribution >= 4 is 34.1 Å². The highest BCUT2D eigenvalue weighted by atomic mass is 35.5. The van der Waals surface area contributed by atoms with Gasteiger partial charge < -0.3 is 5.32 Å². The van der Waals surface area contributed by atoms with Crippen LogP contribution in [0.5, 0.6) is 0 Å². The Morgan fingerprint density at radius 1 is 1.04 bits per heavy atom. The van der Waals surface area contributed by atoms with Crippen LogP contribution < -0.4 is 5.32 Å². The average molecular weight is 382 g/mol. The summed E-state index contributed by atoms with van der Waals surface area (Å²) in [4.78, 5) is 8.36. The predicted molar refractivity (Wildman–Crippen MR) is 91.2 cm³/mol. The first-order valence-electron chi connectivity index (χ1n) is 7.85. The van der Waals surface area contributed by atoms with E-state index in [2.05, 4.69) is 15.3 Å².